The maximum Gasteiger partial charge on any atom is 0.319 e. The molecule has 1 unspecified atom stereocenters. The molecule has 2 amide bonds. The van der Waals surface area contributed by atoms with E-state index in [1.165, 1.54) is 0 Å². The topological polar surface area (TPSA) is 61.4 Å². The van der Waals surface area contributed by atoms with E-state index in [-0.39, 0.29) is 12.3 Å². The second-order valence-corrected chi connectivity index (χ2v) is 4.79. The summed E-state index contributed by atoms with van der Waals surface area (Å²) in [6.45, 7) is -0.256. The van der Waals surface area contributed by atoms with E-state index in [0.29, 0.717) is 12.5 Å². The van der Waals surface area contributed by atoms with Gasteiger partial charge >= 0.3 is 6.03 Å². The lowest BCUT2D eigenvalue weighted by Gasteiger charge is -2.17. The standard InChI is InChI=1S/C16H16F2N2O2/c17-12-6-7-15(14(18)9-12)20-16(22)19-13(10-21)8-11-4-2-1-3-5-11/h1-7,9,13,21H,8,10H2,(H2,19,20,22). The zero-order valence-electron chi connectivity index (χ0n) is 11.7. The van der Waals surface area contributed by atoms with Crippen molar-refractivity contribution in [1.29, 1.82) is 0 Å². The third-order valence-electron chi connectivity index (χ3n) is 3.06. The van der Waals surface area contributed by atoms with Crippen LogP contribution >= 0.6 is 0 Å². The Morgan fingerprint density at radius 3 is 2.50 bits per heavy atom. The highest BCUT2D eigenvalue weighted by Crippen LogP contribution is 2.14. The van der Waals surface area contributed by atoms with Crippen LogP contribution in [-0.4, -0.2) is 23.8 Å². The molecule has 0 saturated heterocycles. The number of hydrogen-bond acceptors (Lipinski definition) is 2. The minimum Gasteiger partial charge on any atom is -0.394 e. The first-order valence-electron chi connectivity index (χ1n) is 6.76. The molecule has 22 heavy (non-hydrogen) atoms. The zero-order chi connectivity index (χ0) is 15.9. The molecule has 2 rings (SSSR count). The van der Waals surface area contributed by atoms with Crippen molar-refractivity contribution in [3.05, 3.63) is 65.7 Å². The number of nitrogens with one attached hydrogen (secondary N) is 2. The molecule has 0 aliphatic rings. The average molecular weight is 306 g/mol. The number of aliphatic hydroxyl groups excluding tert-OH is 1. The van der Waals surface area contributed by atoms with Crippen LogP contribution in [0.15, 0.2) is 48.5 Å². The lowest BCUT2D eigenvalue weighted by molar-refractivity contribution is 0.224. The van der Waals surface area contributed by atoms with E-state index in [0.717, 1.165) is 17.7 Å². The number of urea groups is 1. The van der Waals surface area contributed by atoms with Crippen LogP contribution in [0.3, 0.4) is 0 Å². The van der Waals surface area contributed by atoms with E-state index in [9.17, 15) is 18.7 Å². The minimum atomic E-state index is -0.862. The molecule has 4 nitrogen and oxygen atoms in total. The van der Waals surface area contributed by atoms with Crippen LogP contribution in [-0.2, 0) is 6.42 Å². The van der Waals surface area contributed by atoms with E-state index < -0.39 is 23.7 Å². The lowest BCUT2D eigenvalue weighted by atomic mass is 10.1. The maximum absolute atomic E-state index is 13.4. The molecule has 0 saturated carbocycles. The van der Waals surface area contributed by atoms with Gasteiger partial charge < -0.3 is 15.7 Å². The molecule has 0 radical (unpaired) electrons. The molecule has 0 fully saturated rings. The van der Waals surface area contributed by atoms with Gasteiger partial charge in [-0.1, -0.05) is 30.3 Å². The zero-order valence-corrected chi connectivity index (χ0v) is 11.7. The van der Waals surface area contributed by atoms with Crippen molar-refractivity contribution in [2.24, 2.45) is 0 Å². The van der Waals surface area contributed by atoms with Crippen LogP contribution in [0, 0.1) is 11.6 Å². The Balaban J connectivity index is 1.94. The van der Waals surface area contributed by atoms with Crippen molar-refractivity contribution in [2.45, 2.75) is 12.5 Å². The first-order valence-corrected chi connectivity index (χ1v) is 6.76. The molecular formula is C16H16F2N2O2. The molecule has 0 spiro atoms. The maximum atomic E-state index is 13.4. The molecule has 3 N–H and O–H groups in total. The number of anilines is 1. The third-order valence-corrected chi connectivity index (χ3v) is 3.06. The van der Waals surface area contributed by atoms with Gasteiger partial charge in [0, 0.05) is 6.07 Å². The van der Waals surface area contributed by atoms with Gasteiger partial charge in [-0.3, -0.25) is 0 Å². The SMILES string of the molecule is O=C(Nc1ccc(F)cc1F)NC(CO)Cc1ccccc1. The molecule has 0 aromatic heterocycles. The summed E-state index contributed by atoms with van der Waals surface area (Å²) in [6, 6.07) is 11.0. The number of aliphatic hydroxyl groups is 1. The largest absolute Gasteiger partial charge is 0.394 e. The Morgan fingerprint density at radius 2 is 1.86 bits per heavy atom. The first kappa shape index (κ1) is 15.9. The fourth-order valence-corrected chi connectivity index (χ4v) is 1.99. The van der Waals surface area contributed by atoms with Crippen LogP contribution in [0.25, 0.3) is 0 Å². The quantitative estimate of drug-likeness (QED) is 0.795. The number of amides is 2. The lowest BCUT2D eigenvalue weighted by Crippen LogP contribution is -2.41. The van der Waals surface area contributed by atoms with Gasteiger partial charge in [-0.15, -0.1) is 0 Å². The summed E-state index contributed by atoms with van der Waals surface area (Å²) in [6.07, 6.45) is 0.441. The number of carbonyl (C=O) groups excluding carboxylic acids is 1. The molecule has 6 heteroatoms. The van der Waals surface area contributed by atoms with E-state index in [4.69, 9.17) is 0 Å². The van der Waals surface area contributed by atoms with Gasteiger partial charge in [-0.05, 0) is 24.1 Å². The fourth-order valence-electron chi connectivity index (χ4n) is 1.99. The number of carbonyl (C=O) groups is 1. The normalized spacial score (nSPS) is 11.8. The van der Waals surface area contributed by atoms with Gasteiger partial charge in [0.1, 0.15) is 11.6 Å². The fraction of sp³-hybridized carbons (Fsp3) is 0.188. The Labute approximate surface area is 126 Å². The molecule has 0 heterocycles. The smallest absolute Gasteiger partial charge is 0.319 e. The van der Waals surface area contributed by atoms with Crippen LogP contribution in [0.2, 0.25) is 0 Å². The molecule has 0 aliphatic carbocycles. The molecular weight excluding hydrogens is 290 g/mol. The van der Waals surface area contributed by atoms with Crippen LogP contribution in [0.1, 0.15) is 5.56 Å². The molecule has 1 atom stereocenters. The van der Waals surface area contributed by atoms with Crippen molar-refractivity contribution >= 4 is 11.7 Å². The number of hydrogen-bond donors (Lipinski definition) is 3. The average Bonchev–Trinajstić information content (AvgIpc) is 2.50. The molecule has 0 aliphatic heterocycles. The molecule has 2 aromatic carbocycles. The summed E-state index contributed by atoms with van der Waals surface area (Å²) in [5.41, 5.74) is 0.824. The van der Waals surface area contributed by atoms with E-state index in [1.54, 1.807) is 0 Å². The second kappa shape index (κ2) is 7.51. The summed E-state index contributed by atoms with van der Waals surface area (Å²) in [5.74, 6) is -1.58. The van der Waals surface area contributed by atoms with Crippen LogP contribution < -0.4 is 10.6 Å². The highest BCUT2D eigenvalue weighted by molar-refractivity contribution is 5.89. The summed E-state index contributed by atoms with van der Waals surface area (Å²) >= 11 is 0. The van der Waals surface area contributed by atoms with Gasteiger partial charge in [-0.25, -0.2) is 13.6 Å². The number of halogens is 2. The van der Waals surface area contributed by atoms with Gasteiger partial charge in [0.25, 0.3) is 0 Å². The predicted octanol–water partition coefficient (Wildman–Crippen LogP) is 2.69. The van der Waals surface area contributed by atoms with Crippen molar-refractivity contribution in [1.82, 2.24) is 5.32 Å². The summed E-state index contributed by atoms with van der Waals surface area (Å²) in [7, 11) is 0. The summed E-state index contributed by atoms with van der Waals surface area (Å²) < 4.78 is 26.2. The number of rotatable bonds is 5. The van der Waals surface area contributed by atoms with Crippen molar-refractivity contribution in [3.63, 3.8) is 0 Å². The third kappa shape index (κ3) is 4.53. The van der Waals surface area contributed by atoms with Gasteiger partial charge in [0.15, 0.2) is 0 Å². The van der Waals surface area contributed by atoms with Gasteiger partial charge in [0.2, 0.25) is 0 Å². The van der Waals surface area contributed by atoms with Crippen molar-refractivity contribution < 1.29 is 18.7 Å². The molecule has 116 valence electrons. The Hall–Kier alpha value is -2.47. The summed E-state index contributed by atoms with van der Waals surface area (Å²) in [4.78, 5) is 11.8. The van der Waals surface area contributed by atoms with Gasteiger partial charge in [0.05, 0.1) is 18.3 Å². The highest BCUT2D eigenvalue weighted by atomic mass is 19.1. The number of benzene rings is 2. The van der Waals surface area contributed by atoms with E-state index in [2.05, 4.69) is 10.6 Å². The van der Waals surface area contributed by atoms with Crippen LogP contribution in [0.4, 0.5) is 19.3 Å². The Bertz CT molecular complexity index is 635. The monoisotopic (exact) mass is 306 g/mol. The van der Waals surface area contributed by atoms with Gasteiger partial charge in [-0.2, -0.15) is 0 Å². The summed E-state index contributed by atoms with van der Waals surface area (Å²) in [5, 5.41) is 14.2. The Morgan fingerprint density at radius 1 is 1.14 bits per heavy atom. The highest BCUT2D eigenvalue weighted by Gasteiger charge is 2.13. The predicted molar refractivity (Wildman–Crippen MR) is 79.5 cm³/mol. The van der Waals surface area contributed by atoms with Crippen molar-refractivity contribution in [3.8, 4) is 0 Å². The van der Waals surface area contributed by atoms with Crippen LogP contribution in [0.5, 0.6) is 0 Å². The van der Waals surface area contributed by atoms with Crippen molar-refractivity contribution in [2.75, 3.05) is 11.9 Å². The Kier molecular flexibility index (Phi) is 5.43. The molecule has 0 bridgehead atoms. The minimum absolute atomic E-state index is 0.129. The second-order valence-electron chi connectivity index (χ2n) is 4.79. The first-order chi connectivity index (χ1) is 10.6. The van der Waals surface area contributed by atoms with E-state index in [1.807, 2.05) is 30.3 Å². The van der Waals surface area contributed by atoms with E-state index >= 15 is 0 Å². The molecule has 2 aromatic rings.